The number of hydrogen-bond acceptors (Lipinski definition) is 3. The quantitative estimate of drug-likeness (QED) is 0.779. The third-order valence-electron chi connectivity index (χ3n) is 3.72. The molecule has 7 heteroatoms. The molecular weight excluding hydrogens is 358 g/mol. The van der Waals surface area contributed by atoms with E-state index in [4.69, 9.17) is 0 Å². The molecule has 26 heavy (non-hydrogen) atoms. The maximum atomic E-state index is 13.6. The minimum Gasteiger partial charge on any atom is -0.336 e. The average Bonchev–Trinajstić information content (AvgIpc) is 2.57. The van der Waals surface area contributed by atoms with Gasteiger partial charge in [0.25, 0.3) is 0 Å². The van der Waals surface area contributed by atoms with Crippen molar-refractivity contribution < 1.29 is 18.4 Å². The molecule has 1 N–H and O–H groups in total. The summed E-state index contributed by atoms with van der Waals surface area (Å²) in [5.74, 6) is -2.06. The summed E-state index contributed by atoms with van der Waals surface area (Å²) >= 11 is 0.963. The van der Waals surface area contributed by atoms with Crippen LogP contribution in [0.5, 0.6) is 0 Å². The van der Waals surface area contributed by atoms with Crippen LogP contribution in [-0.4, -0.2) is 36.1 Å². The molecule has 0 saturated carbocycles. The molecule has 0 radical (unpaired) electrons. The van der Waals surface area contributed by atoms with Gasteiger partial charge in [0.15, 0.2) is 0 Å². The molecule has 2 amide bonds. The SMILES string of the molecule is Cc1ccc(C)c(NC(=O)CN(C)C(=O)CSc2ccc(F)cc2F)c1. The van der Waals surface area contributed by atoms with Gasteiger partial charge in [-0.3, -0.25) is 9.59 Å². The molecule has 2 aromatic rings. The number of nitrogens with zero attached hydrogens (tertiary/aromatic N) is 1. The van der Waals surface area contributed by atoms with Gasteiger partial charge >= 0.3 is 0 Å². The van der Waals surface area contributed by atoms with E-state index in [1.54, 1.807) is 0 Å². The Hall–Kier alpha value is -2.41. The summed E-state index contributed by atoms with van der Waals surface area (Å²) in [7, 11) is 1.51. The number of likely N-dealkylation sites (N-methyl/N-ethyl adjacent to an activating group) is 1. The molecule has 0 fully saturated rings. The predicted molar refractivity (Wildman–Crippen MR) is 99.3 cm³/mol. The van der Waals surface area contributed by atoms with Crippen molar-refractivity contribution >= 4 is 29.3 Å². The molecule has 2 rings (SSSR count). The molecule has 0 aliphatic rings. The maximum absolute atomic E-state index is 13.6. The molecule has 0 aliphatic carbocycles. The molecule has 0 atom stereocenters. The zero-order valence-electron chi connectivity index (χ0n) is 14.8. The molecule has 0 spiro atoms. The van der Waals surface area contributed by atoms with Crippen LogP contribution in [0.2, 0.25) is 0 Å². The van der Waals surface area contributed by atoms with E-state index in [1.807, 2.05) is 32.0 Å². The van der Waals surface area contributed by atoms with Crippen LogP contribution in [0.15, 0.2) is 41.3 Å². The van der Waals surface area contributed by atoms with Gasteiger partial charge in [-0.1, -0.05) is 12.1 Å². The molecular formula is C19H20F2N2O2S. The zero-order chi connectivity index (χ0) is 19.3. The number of thioether (sulfide) groups is 1. The minimum absolute atomic E-state index is 0.0458. The van der Waals surface area contributed by atoms with Crippen LogP contribution >= 0.6 is 11.8 Å². The smallest absolute Gasteiger partial charge is 0.243 e. The van der Waals surface area contributed by atoms with E-state index in [2.05, 4.69) is 5.32 Å². The topological polar surface area (TPSA) is 49.4 Å². The van der Waals surface area contributed by atoms with E-state index in [1.165, 1.54) is 18.0 Å². The number of amides is 2. The minimum atomic E-state index is -0.710. The Bertz CT molecular complexity index is 827. The second-order valence-corrected chi connectivity index (χ2v) is 7.00. The van der Waals surface area contributed by atoms with Crippen molar-refractivity contribution in [1.29, 1.82) is 0 Å². The summed E-state index contributed by atoms with van der Waals surface area (Å²) in [6.45, 7) is 3.70. The zero-order valence-corrected chi connectivity index (χ0v) is 15.6. The summed E-state index contributed by atoms with van der Waals surface area (Å²) in [5.41, 5.74) is 2.66. The van der Waals surface area contributed by atoms with Crippen molar-refractivity contribution in [3.8, 4) is 0 Å². The van der Waals surface area contributed by atoms with Gasteiger partial charge < -0.3 is 10.2 Å². The highest BCUT2D eigenvalue weighted by Gasteiger charge is 2.15. The van der Waals surface area contributed by atoms with Crippen molar-refractivity contribution in [2.24, 2.45) is 0 Å². The van der Waals surface area contributed by atoms with Gasteiger partial charge in [0.2, 0.25) is 11.8 Å². The summed E-state index contributed by atoms with van der Waals surface area (Å²) in [5, 5.41) is 2.78. The van der Waals surface area contributed by atoms with Gasteiger partial charge in [-0.25, -0.2) is 8.78 Å². The van der Waals surface area contributed by atoms with Crippen LogP contribution < -0.4 is 5.32 Å². The van der Waals surface area contributed by atoms with Crippen molar-refractivity contribution in [1.82, 2.24) is 4.90 Å². The fourth-order valence-electron chi connectivity index (χ4n) is 2.21. The van der Waals surface area contributed by atoms with Crippen molar-refractivity contribution in [3.05, 3.63) is 59.2 Å². The van der Waals surface area contributed by atoms with Gasteiger partial charge in [-0.15, -0.1) is 11.8 Å². The molecule has 0 saturated heterocycles. The first-order valence-electron chi connectivity index (χ1n) is 7.95. The third-order valence-corrected chi connectivity index (χ3v) is 4.75. The van der Waals surface area contributed by atoms with E-state index >= 15 is 0 Å². The summed E-state index contributed by atoms with van der Waals surface area (Å²) < 4.78 is 26.5. The molecule has 138 valence electrons. The second kappa shape index (κ2) is 8.80. The van der Waals surface area contributed by atoms with Gasteiger partial charge in [0.05, 0.1) is 12.3 Å². The molecule has 0 unspecified atom stereocenters. The lowest BCUT2D eigenvalue weighted by Crippen LogP contribution is -2.36. The van der Waals surface area contributed by atoms with Crippen molar-refractivity contribution in [2.75, 3.05) is 24.7 Å². The number of hydrogen-bond donors (Lipinski definition) is 1. The van der Waals surface area contributed by atoms with Crippen LogP contribution in [0, 0.1) is 25.5 Å². The van der Waals surface area contributed by atoms with Crippen LogP contribution in [0.4, 0.5) is 14.5 Å². The highest BCUT2D eigenvalue weighted by Crippen LogP contribution is 2.22. The standard InChI is InChI=1S/C19H20F2N2O2S/c1-12-4-5-13(2)16(8-12)22-18(24)10-23(3)19(25)11-26-17-7-6-14(20)9-15(17)21/h4-9H,10-11H2,1-3H3,(H,22,24). The number of rotatable bonds is 6. The molecule has 4 nitrogen and oxygen atoms in total. The second-order valence-electron chi connectivity index (χ2n) is 5.98. The van der Waals surface area contributed by atoms with E-state index in [0.717, 1.165) is 35.0 Å². The Kier molecular flexibility index (Phi) is 6.74. The Balaban J connectivity index is 1.87. The highest BCUT2D eigenvalue weighted by atomic mass is 32.2. The fourth-order valence-corrected chi connectivity index (χ4v) is 3.07. The molecule has 0 aromatic heterocycles. The fraction of sp³-hybridized carbons (Fsp3) is 0.263. The summed E-state index contributed by atoms with van der Waals surface area (Å²) in [4.78, 5) is 25.7. The first-order valence-corrected chi connectivity index (χ1v) is 8.93. The largest absolute Gasteiger partial charge is 0.336 e. The van der Waals surface area contributed by atoms with Crippen LogP contribution in [0.1, 0.15) is 11.1 Å². The maximum Gasteiger partial charge on any atom is 0.243 e. The van der Waals surface area contributed by atoms with E-state index < -0.39 is 11.6 Å². The van der Waals surface area contributed by atoms with Gasteiger partial charge in [0, 0.05) is 23.7 Å². The van der Waals surface area contributed by atoms with Crippen molar-refractivity contribution in [2.45, 2.75) is 18.7 Å². The summed E-state index contributed by atoms with van der Waals surface area (Å²) in [6, 6.07) is 8.92. The molecule has 0 heterocycles. The number of carbonyl (C=O) groups excluding carboxylic acids is 2. The Morgan fingerprint density at radius 2 is 1.85 bits per heavy atom. The van der Waals surface area contributed by atoms with E-state index in [-0.39, 0.29) is 29.0 Å². The molecule has 0 aliphatic heterocycles. The first kappa shape index (κ1) is 19.9. The van der Waals surface area contributed by atoms with E-state index in [9.17, 15) is 18.4 Å². The van der Waals surface area contributed by atoms with E-state index in [0.29, 0.717) is 5.69 Å². The Morgan fingerprint density at radius 1 is 1.12 bits per heavy atom. The lowest BCUT2D eigenvalue weighted by atomic mass is 10.1. The lowest BCUT2D eigenvalue weighted by Gasteiger charge is -2.17. The molecule has 0 bridgehead atoms. The predicted octanol–water partition coefficient (Wildman–Crippen LogP) is 3.77. The summed E-state index contributed by atoms with van der Waals surface area (Å²) in [6.07, 6.45) is 0. The first-order chi connectivity index (χ1) is 12.3. The van der Waals surface area contributed by atoms with Gasteiger partial charge in [-0.05, 0) is 43.2 Å². The number of halogens is 2. The lowest BCUT2D eigenvalue weighted by molar-refractivity contribution is -0.131. The highest BCUT2D eigenvalue weighted by molar-refractivity contribution is 8.00. The number of nitrogens with one attached hydrogen (secondary N) is 1. The normalized spacial score (nSPS) is 10.5. The monoisotopic (exact) mass is 378 g/mol. The van der Waals surface area contributed by atoms with Gasteiger partial charge in [-0.2, -0.15) is 0 Å². The van der Waals surface area contributed by atoms with Crippen LogP contribution in [-0.2, 0) is 9.59 Å². The number of benzene rings is 2. The third kappa shape index (κ3) is 5.56. The average molecular weight is 378 g/mol. The van der Waals surface area contributed by atoms with Crippen molar-refractivity contribution in [3.63, 3.8) is 0 Å². The van der Waals surface area contributed by atoms with Gasteiger partial charge in [0.1, 0.15) is 11.6 Å². The number of carbonyl (C=O) groups is 2. The van der Waals surface area contributed by atoms with Crippen LogP contribution in [0.25, 0.3) is 0 Å². The molecule has 2 aromatic carbocycles. The Labute approximate surface area is 155 Å². The number of anilines is 1. The number of aryl methyl sites for hydroxylation is 2. The Morgan fingerprint density at radius 3 is 2.54 bits per heavy atom. The van der Waals surface area contributed by atoms with Crippen LogP contribution in [0.3, 0.4) is 0 Å².